The number of nitrogens with one attached hydrogen (secondary N) is 1. The van der Waals surface area contributed by atoms with Gasteiger partial charge in [0, 0.05) is 27.7 Å². The van der Waals surface area contributed by atoms with Gasteiger partial charge in [0.15, 0.2) is 0 Å². The van der Waals surface area contributed by atoms with Crippen LogP contribution in [-0.2, 0) is 24.2 Å². The van der Waals surface area contributed by atoms with E-state index in [0.29, 0.717) is 23.0 Å². The molecule has 0 unspecified atom stereocenters. The molecule has 0 spiro atoms. The molecule has 1 amide bonds. The van der Waals surface area contributed by atoms with Gasteiger partial charge in [0.25, 0.3) is 0 Å². The number of rotatable bonds is 8. The number of halogens is 1. The molecule has 1 aromatic carbocycles. The number of carbonyl (C=O) groups excluding carboxylic acids is 1. The summed E-state index contributed by atoms with van der Waals surface area (Å²) in [5.41, 5.74) is 13.4. The Morgan fingerprint density at radius 2 is 1.69 bits per heavy atom. The lowest BCUT2D eigenvalue weighted by atomic mass is 9.88. The van der Waals surface area contributed by atoms with Gasteiger partial charge in [-0.2, -0.15) is 0 Å². The molecule has 3 rings (SSSR count). The van der Waals surface area contributed by atoms with Crippen LogP contribution in [0.2, 0.25) is 0 Å². The van der Waals surface area contributed by atoms with Crippen molar-refractivity contribution in [2.75, 3.05) is 5.32 Å². The van der Waals surface area contributed by atoms with E-state index in [1.807, 2.05) is 32.9 Å². The zero-order chi connectivity index (χ0) is 25.2. The third-order valence-corrected chi connectivity index (χ3v) is 6.93. The number of pyridine rings is 1. The number of nitrogens with two attached hydrogens (primary N) is 1. The van der Waals surface area contributed by atoms with Crippen molar-refractivity contribution in [3.8, 4) is 11.1 Å². The van der Waals surface area contributed by atoms with Gasteiger partial charge in [-0.1, -0.05) is 43.7 Å². The number of carboxylic acids is 1. The van der Waals surface area contributed by atoms with Crippen LogP contribution in [0.3, 0.4) is 0 Å². The molecule has 3 aromatic rings. The lowest BCUT2D eigenvalue weighted by Gasteiger charge is -2.21. The number of aryl methyl sites for hydroxylation is 4. The zero-order valence-electron chi connectivity index (χ0n) is 21.1. The van der Waals surface area contributed by atoms with Crippen molar-refractivity contribution in [2.24, 2.45) is 11.7 Å². The van der Waals surface area contributed by atoms with Gasteiger partial charge in [0.1, 0.15) is 0 Å². The number of anilines is 1. The van der Waals surface area contributed by atoms with E-state index >= 15 is 0 Å². The smallest absolute Gasteiger partial charge is 0.338 e. The fraction of sp³-hybridized carbons (Fsp3) is 0.370. The number of carboxylic acid groups (broad SMARTS) is 1. The minimum absolute atomic E-state index is 0. The Labute approximate surface area is 217 Å². The first-order chi connectivity index (χ1) is 16.0. The van der Waals surface area contributed by atoms with E-state index in [1.165, 1.54) is 11.3 Å². The molecule has 0 atom stereocenters. The van der Waals surface area contributed by atoms with Gasteiger partial charge in [-0.25, -0.2) is 4.79 Å². The first kappa shape index (κ1) is 28.5. The van der Waals surface area contributed by atoms with Crippen molar-refractivity contribution in [2.45, 2.75) is 60.9 Å². The van der Waals surface area contributed by atoms with Crippen molar-refractivity contribution < 1.29 is 14.7 Å². The van der Waals surface area contributed by atoms with E-state index < -0.39 is 5.97 Å². The second-order valence-corrected chi connectivity index (χ2v) is 10.6. The highest BCUT2D eigenvalue weighted by molar-refractivity contribution is 7.12. The summed E-state index contributed by atoms with van der Waals surface area (Å²) >= 11 is 1.37. The highest BCUT2D eigenvalue weighted by Crippen LogP contribution is 2.35. The van der Waals surface area contributed by atoms with Gasteiger partial charge < -0.3 is 16.2 Å². The van der Waals surface area contributed by atoms with Crippen LogP contribution in [0.5, 0.6) is 0 Å². The van der Waals surface area contributed by atoms with Crippen LogP contribution < -0.4 is 11.1 Å². The molecule has 4 N–H and O–H groups in total. The van der Waals surface area contributed by atoms with Crippen LogP contribution in [0.4, 0.5) is 5.69 Å². The Kier molecular flexibility index (Phi) is 9.60. The summed E-state index contributed by atoms with van der Waals surface area (Å²) in [4.78, 5) is 31.3. The van der Waals surface area contributed by atoms with Gasteiger partial charge in [0.05, 0.1) is 17.7 Å². The van der Waals surface area contributed by atoms with Gasteiger partial charge >= 0.3 is 5.97 Å². The number of hydrogen-bond donors (Lipinski definition) is 3. The minimum Gasteiger partial charge on any atom is -0.478 e. The lowest BCUT2D eigenvalue weighted by Crippen LogP contribution is -2.20. The average molecular weight is 516 g/mol. The fourth-order valence-electron chi connectivity index (χ4n) is 4.34. The maximum absolute atomic E-state index is 13.2. The van der Waals surface area contributed by atoms with Crippen molar-refractivity contribution in [1.29, 1.82) is 0 Å². The Morgan fingerprint density at radius 1 is 1.06 bits per heavy atom. The molecule has 0 fully saturated rings. The van der Waals surface area contributed by atoms with E-state index in [1.54, 1.807) is 6.92 Å². The quantitative estimate of drug-likeness (QED) is 0.341. The summed E-state index contributed by atoms with van der Waals surface area (Å²) in [6.45, 7) is 12.1. The molecule has 8 heteroatoms. The number of carbonyl (C=O) groups is 2. The maximum atomic E-state index is 13.2. The van der Waals surface area contributed by atoms with E-state index in [-0.39, 0.29) is 30.3 Å². The topological polar surface area (TPSA) is 105 Å². The van der Waals surface area contributed by atoms with Gasteiger partial charge in [-0.3, -0.25) is 9.78 Å². The first-order valence-electron chi connectivity index (χ1n) is 11.4. The Bertz CT molecular complexity index is 1230. The Balaban J connectivity index is 0.00000432. The van der Waals surface area contributed by atoms with Crippen LogP contribution in [0.25, 0.3) is 11.1 Å². The largest absolute Gasteiger partial charge is 0.478 e. The van der Waals surface area contributed by atoms with Gasteiger partial charge in [-0.15, -0.1) is 23.7 Å². The molecule has 0 bridgehead atoms. The minimum atomic E-state index is -1.04. The molecule has 2 heterocycles. The van der Waals surface area contributed by atoms with Gasteiger partial charge in [0.2, 0.25) is 5.91 Å². The Morgan fingerprint density at radius 3 is 2.23 bits per heavy atom. The number of nitrogens with zero attached hydrogens (tertiary/aromatic N) is 1. The third-order valence-electron chi connectivity index (χ3n) is 5.91. The van der Waals surface area contributed by atoms with Crippen LogP contribution in [0, 0.1) is 33.6 Å². The molecule has 0 aliphatic heterocycles. The fourth-order valence-corrected chi connectivity index (χ4v) is 5.35. The van der Waals surface area contributed by atoms with E-state index in [0.717, 1.165) is 50.5 Å². The highest BCUT2D eigenvalue weighted by Gasteiger charge is 2.24. The van der Waals surface area contributed by atoms with E-state index in [2.05, 4.69) is 31.3 Å². The lowest BCUT2D eigenvalue weighted by molar-refractivity contribution is -0.115. The number of thiophene rings is 1. The van der Waals surface area contributed by atoms with Crippen LogP contribution in [0.15, 0.2) is 24.3 Å². The highest BCUT2D eigenvalue weighted by atomic mass is 35.5. The SMILES string of the molecule is Cc1ccc(-c2c(CC(=O)Nc3c(C)sc(C)c3C(=O)O)c(C)nc(CC(C)C)c2CN)cc1.Cl. The molecule has 0 aliphatic carbocycles. The molecule has 188 valence electrons. The summed E-state index contributed by atoms with van der Waals surface area (Å²) < 4.78 is 0. The standard InChI is InChI=1S/C27H33N3O3S.ClH/c1-14(2)11-22-21(13-28)25(19-9-7-15(3)8-10-19)20(16(4)29-22)12-23(31)30-26-18(6)34-17(5)24(26)27(32)33;/h7-10,14H,11-13,28H2,1-6H3,(H,30,31)(H,32,33);1H. The summed E-state index contributed by atoms with van der Waals surface area (Å²) in [6.07, 6.45) is 0.873. The summed E-state index contributed by atoms with van der Waals surface area (Å²) in [7, 11) is 0. The molecule has 0 saturated heterocycles. The molecule has 0 radical (unpaired) electrons. The van der Waals surface area contributed by atoms with Crippen molar-refractivity contribution >= 4 is 41.3 Å². The molecular formula is C27H34ClN3O3S. The second kappa shape index (κ2) is 11.8. The molecule has 0 saturated carbocycles. The number of hydrogen-bond acceptors (Lipinski definition) is 5. The maximum Gasteiger partial charge on any atom is 0.338 e. The predicted octanol–water partition coefficient (Wildman–Crippen LogP) is 6.00. The second-order valence-electron chi connectivity index (χ2n) is 9.14. The van der Waals surface area contributed by atoms with Crippen molar-refractivity contribution in [3.05, 3.63) is 67.7 Å². The monoisotopic (exact) mass is 515 g/mol. The molecular weight excluding hydrogens is 482 g/mol. The van der Waals surface area contributed by atoms with Crippen molar-refractivity contribution in [3.63, 3.8) is 0 Å². The molecule has 35 heavy (non-hydrogen) atoms. The third kappa shape index (κ3) is 6.28. The van der Waals surface area contributed by atoms with Crippen LogP contribution in [0.1, 0.15) is 62.0 Å². The first-order valence-corrected chi connectivity index (χ1v) is 12.3. The molecule has 2 aromatic heterocycles. The van der Waals surface area contributed by atoms with Crippen LogP contribution in [-0.4, -0.2) is 22.0 Å². The van der Waals surface area contributed by atoms with E-state index in [9.17, 15) is 14.7 Å². The van der Waals surface area contributed by atoms with Crippen LogP contribution >= 0.6 is 23.7 Å². The van der Waals surface area contributed by atoms with Crippen molar-refractivity contribution in [1.82, 2.24) is 4.98 Å². The molecule has 0 aliphatic rings. The normalized spacial score (nSPS) is 10.9. The van der Waals surface area contributed by atoms with E-state index in [4.69, 9.17) is 10.7 Å². The Hall–Kier alpha value is -2.74. The molecule has 6 nitrogen and oxygen atoms in total. The number of benzene rings is 1. The number of amides is 1. The number of aromatic carboxylic acids is 1. The summed E-state index contributed by atoms with van der Waals surface area (Å²) in [5.74, 6) is -0.906. The summed E-state index contributed by atoms with van der Waals surface area (Å²) in [5, 5.41) is 12.5. The van der Waals surface area contributed by atoms with Gasteiger partial charge in [-0.05, 0) is 62.3 Å². The number of aromatic nitrogens is 1. The summed E-state index contributed by atoms with van der Waals surface area (Å²) in [6, 6.07) is 8.21. The average Bonchev–Trinajstić information content (AvgIpc) is 3.02. The zero-order valence-corrected chi connectivity index (χ0v) is 22.7. The predicted molar refractivity (Wildman–Crippen MR) is 146 cm³/mol.